The van der Waals surface area contributed by atoms with Crippen molar-refractivity contribution in [2.24, 2.45) is 0 Å². The van der Waals surface area contributed by atoms with Crippen LogP contribution in [0.3, 0.4) is 0 Å². The number of nitrogens with zero attached hydrogens (tertiary/aromatic N) is 2. The van der Waals surface area contributed by atoms with E-state index in [1.54, 1.807) is 36.6 Å². The van der Waals surface area contributed by atoms with Crippen LogP contribution in [0.2, 0.25) is 10.0 Å². The van der Waals surface area contributed by atoms with Crippen LogP contribution in [0, 0.1) is 0 Å². The molecule has 2 heterocycles. The van der Waals surface area contributed by atoms with Crippen LogP contribution in [0.4, 0.5) is 6.01 Å². The second kappa shape index (κ2) is 7.04. The standard InChI is InChI=1S/C15H13Cl2N3O3/c16-10-6-9(7-11(17)8-10)14-19-15(23-20-14)18-12(3-4-21)13-2-1-5-22-13/h1-2,5-8,12,21H,3-4H2,(H,18,19,20). The third kappa shape index (κ3) is 3.85. The lowest BCUT2D eigenvalue weighted by atomic mass is 10.1. The summed E-state index contributed by atoms with van der Waals surface area (Å²) in [5.41, 5.74) is 0.649. The summed E-state index contributed by atoms with van der Waals surface area (Å²) in [5, 5.41) is 17.1. The lowest BCUT2D eigenvalue weighted by molar-refractivity contribution is 0.271. The third-order valence-corrected chi connectivity index (χ3v) is 3.59. The molecule has 0 saturated heterocycles. The summed E-state index contributed by atoms with van der Waals surface area (Å²) in [5.74, 6) is 1.03. The first kappa shape index (κ1) is 15.9. The number of rotatable bonds is 6. The van der Waals surface area contributed by atoms with Gasteiger partial charge >= 0.3 is 6.01 Å². The van der Waals surface area contributed by atoms with Crippen LogP contribution in [-0.2, 0) is 0 Å². The summed E-state index contributed by atoms with van der Waals surface area (Å²) in [7, 11) is 0. The molecule has 1 aromatic carbocycles. The van der Waals surface area contributed by atoms with Gasteiger partial charge in [0.25, 0.3) is 0 Å². The maximum Gasteiger partial charge on any atom is 0.322 e. The monoisotopic (exact) mass is 353 g/mol. The van der Waals surface area contributed by atoms with E-state index in [2.05, 4.69) is 15.5 Å². The van der Waals surface area contributed by atoms with E-state index in [4.69, 9.17) is 32.1 Å². The van der Waals surface area contributed by atoms with Gasteiger partial charge in [-0.3, -0.25) is 0 Å². The zero-order valence-electron chi connectivity index (χ0n) is 11.9. The molecule has 120 valence electrons. The fourth-order valence-corrected chi connectivity index (χ4v) is 2.66. The van der Waals surface area contributed by atoms with Crippen molar-refractivity contribution in [1.29, 1.82) is 0 Å². The highest BCUT2D eigenvalue weighted by molar-refractivity contribution is 6.35. The zero-order valence-corrected chi connectivity index (χ0v) is 13.4. The molecule has 0 amide bonds. The molecule has 0 aliphatic carbocycles. The zero-order chi connectivity index (χ0) is 16.2. The summed E-state index contributed by atoms with van der Waals surface area (Å²) in [6.07, 6.45) is 2.00. The van der Waals surface area contributed by atoms with Crippen LogP contribution < -0.4 is 5.32 Å². The second-order valence-corrected chi connectivity index (χ2v) is 5.68. The van der Waals surface area contributed by atoms with Crippen molar-refractivity contribution < 1.29 is 14.0 Å². The smallest absolute Gasteiger partial charge is 0.322 e. The Morgan fingerprint density at radius 1 is 1.22 bits per heavy atom. The highest BCUT2D eigenvalue weighted by Crippen LogP contribution is 2.27. The summed E-state index contributed by atoms with van der Waals surface area (Å²) in [6, 6.07) is 8.53. The number of furan rings is 1. The number of aliphatic hydroxyl groups excluding tert-OH is 1. The predicted octanol–water partition coefficient (Wildman–Crippen LogP) is 4.17. The lowest BCUT2D eigenvalue weighted by Gasteiger charge is -2.12. The van der Waals surface area contributed by atoms with E-state index in [-0.39, 0.29) is 18.7 Å². The first-order chi connectivity index (χ1) is 11.2. The van der Waals surface area contributed by atoms with Crippen LogP contribution >= 0.6 is 23.2 Å². The van der Waals surface area contributed by atoms with Gasteiger partial charge in [-0.05, 0) is 36.8 Å². The van der Waals surface area contributed by atoms with E-state index in [1.165, 1.54) is 0 Å². The molecular weight excluding hydrogens is 341 g/mol. The van der Waals surface area contributed by atoms with E-state index in [9.17, 15) is 5.11 Å². The second-order valence-electron chi connectivity index (χ2n) is 4.81. The number of hydrogen-bond donors (Lipinski definition) is 2. The number of aromatic nitrogens is 2. The Hall–Kier alpha value is -2.02. The molecule has 0 saturated carbocycles. The van der Waals surface area contributed by atoms with Gasteiger partial charge in [-0.25, -0.2) is 0 Å². The van der Waals surface area contributed by atoms with E-state index >= 15 is 0 Å². The van der Waals surface area contributed by atoms with Crippen molar-refractivity contribution in [1.82, 2.24) is 10.1 Å². The predicted molar refractivity (Wildman–Crippen MR) is 86.5 cm³/mol. The van der Waals surface area contributed by atoms with Crippen molar-refractivity contribution in [3.63, 3.8) is 0 Å². The van der Waals surface area contributed by atoms with Gasteiger partial charge in [-0.15, -0.1) is 0 Å². The summed E-state index contributed by atoms with van der Waals surface area (Å²) in [4.78, 5) is 4.27. The van der Waals surface area contributed by atoms with Gasteiger partial charge in [-0.1, -0.05) is 28.4 Å². The van der Waals surface area contributed by atoms with Gasteiger partial charge in [0.1, 0.15) is 5.76 Å². The molecule has 2 aromatic heterocycles. The minimum absolute atomic E-state index is 0.0107. The average Bonchev–Trinajstić information content (AvgIpc) is 3.17. The molecule has 0 aliphatic rings. The SMILES string of the molecule is OCCC(Nc1nc(-c2cc(Cl)cc(Cl)c2)no1)c1ccco1. The molecule has 3 aromatic rings. The fourth-order valence-electron chi connectivity index (χ4n) is 2.14. The van der Waals surface area contributed by atoms with Gasteiger partial charge in [0.2, 0.25) is 5.82 Å². The quantitative estimate of drug-likeness (QED) is 0.691. The molecule has 0 fully saturated rings. The number of anilines is 1. The molecule has 6 nitrogen and oxygen atoms in total. The van der Waals surface area contributed by atoms with Crippen molar-refractivity contribution in [2.75, 3.05) is 11.9 Å². The fraction of sp³-hybridized carbons (Fsp3) is 0.200. The van der Waals surface area contributed by atoms with E-state index in [0.29, 0.717) is 33.6 Å². The molecular formula is C15H13Cl2N3O3. The molecule has 0 aliphatic heterocycles. The summed E-state index contributed by atoms with van der Waals surface area (Å²) >= 11 is 11.9. The van der Waals surface area contributed by atoms with Crippen LogP contribution in [0.15, 0.2) is 45.5 Å². The molecule has 1 unspecified atom stereocenters. The summed E-state index contributed by atoms with van der Waals surface area (Å²) < 4.78 is 10.5. The normalized spacial score (nSPS) is 12.3. The Bertz CT molecular complexity index is 754. The first-order valence-electron chi connectivity index (χ1n) is 6.86. The van der Waals surface area contributed by atoms with Crippen molar-refractivity contribution in [3.05, 3.63) is 52.4 Å². The van der Waals surface area contributed by atoms with E-state index < -0.39 is 0 Å². The topological polar surface area (TPSA) is 84.3 Å². The summed E-state index contributed by atoms with van der Waals surface area (Å²) in [6.45, 7) is -0.0107. The largest absolute Gasteiger partial charge is 0.467 e. The van der Waals surface area contributed by atoms with E-state index in [0.717, 1.165) is 0 Å². The van der Waals surface area contributed by atoms with Gasteiger partial charge in [0.15, 0.2) is 0 Å². The van der Waals surface area contributed by atoms with Crippen molar-refractivity contribution >= 4 is 29.2 Å². The molecule has 23 heavy (non-hydrogen) atoms. The lowest BCUT2D eigenvalue weighted by Crippen LogP contribution is -2.11. The maximum absolute atomic E-state index is 9.18. The number of halogens is 2. The number of benzene rings is 1. The van der Waals surface area contributed by atoms with Crippen molar-refractivity contribution in [3.8, 4) is 11.4 Å². The van der Waals surface area contributed by atoms with E-state index in [1.807, 2.05) is 0 Å². The van der Waals surface area contributed by atoms with Gasteiger partial charge in [0, 0.05) is 22.2 Å². The molecule has 0 bridgehead atoms. The molecule has 0 radical (unpaired) electrons. The molecule has 2 N–H and O–H groups in total. The minimum atomic E-state index is -0.272. The maximum atomic E-state index is 9.18. The van der Waals surface area contributed by atoms with Crippen LogP contribution in [0.25, 0.3) is 11.4 Å². The Morgan fingerprint density at radius 2 is 2.00 bits per heavy atom. The molecule has 1 atom stereocenters. The Morgan fingerprint density at radius 3 is 2.65 bits per heavy atom. The van der Waals surface area contributed by atoms with Gasteiger partial charge in [-0.2, -0.15) is 4.98 Å². The molecule has 8 heteroatoms. The number of hydrogen-bond acceptors (Lipinski definition) is 6. The first-order valence-corrected chi connectivity index (χ1v) is 7.62. The molecule has 3 rings (SSSR count). The minimum Gasteiger partial charge on any atom is -0.467 e. The van der Waals surface area contributed by atoms with Gasteiger partial charge < -0.3 is 19.4 Å². The van der Waals surface area contributed by atoms with Crippen LogP contribution in [-0.4, -0.2) is 21.9 Å². The number of aliphatic hydroxyl groups is 1. The Kier molecular flexibility index (Phi) is 4.85. The van der Waals surface area contributed by atoms with Gasteiger partial charge in [0.05, 0.1) is 12.3 Å². The van der Waals surface area contributed by atoms with Crippen LogP contribution in [0.5, 0.6) is 0 Å². The average molecular weight is 354 g/mol. The van der Waals surface area contributed by atoms with Crippen molar-refractivity contribution in [2.45, 2.75) is 12.5 Å². The number of nitrogens with one attached hydrogen (secondary N) is 1. The highest BCUT2D eigenvalue weighted by atomic mass is 35.5. The Labute approximate surface area is 142 Å². The highest BCUT2D eigenvalue weighted by Gasteiger charge is 2.18. The Balaban J connectivity index is 1.81. The third-order valence-electron chi connectivity index (χ3n) is 3.15. The van der Waals surface area contributed by atoms with Crippen LogP contribution in [0.1, 0.15) is 18.2 Å². The molecule has 0 spiro atoms.